The third-order valence-corrected chi connectivity index (χ3v) is 2.04. The average Bonchev–Trinajstić information content (AvgIpc) is 2.04. The molecule has 0 fully saturated rings. The molecule has 0 bridgehead atoms. The molecule has 0 aromatic rings. The van der Waals surface area contributed by atoms with Crippen molar-refractivity contribution in [3.8, 4) is 0 Å². The van der Waals surface area contributed by atoms with Crippen molar-refractivity contribution >= 4 is 23.1 Å². The van der Waals surface area contributed by atoms with Crippen molar-refractivity contribution in [1.82, 2.24) is 5.32 Å². The van der Waals surface area contributed by atoms with Crippen molar-refractivity contribution in [2.45, 2.75) is 33.1 Å². The van der Waals surface area contributed by atoms with Crippen molar-refractivity contribution < 1.29 is 4.79 Å². The number of hydrogen-bond acceptors (Lipinski definition) is 2. The molecule has 1 atom stereocenters. The first-order chi connectivity index (χ1) is 6.07. The van der Waals surface area contributed by atoms with Crippen LogP contribution in [0.3, 0.4) is 0 Å². The first-order valence-corrected chi connectivity index (χ1v) is 5.04. The molecule has 0 spiro atoms. The summed E-state index contributed by atoms with van der Waals surface area (Å²) >= 11 is 4.69. The highest BCUT2D eigenvalue weighted by atomic mass is 32.1. The molecule has 1 amide bonds. The van der Waals surface area contributed by atoms with E-state index in [2.05, 4.69) is 12.2 Å². The molecule has 1 unspecified atom stereocenters. The summed E-state index contributed by atoms with van der Waals surface area (Å²) in [5, 5.41) is 2.79. The van der Waals surface area contributed by atoms with Crippen LogP contribution >= 0.6 is 12.2 Å². The van der Waals surface area contributed by atoms with Gasteiger partial charge in [0.2, 0.25) is 5.91 Å². The fourth-order valence-electron chi connectivity index (χ4n) is 1.05. The molecule has 0 rings (SSSR count). The van der Waals surface area contributed by atoms with Crippen LogP contribution in [0, 0.1) is 5.92 Å². The van der Waals surface area contributed by atoms with Gasteiger partial charge in [0.25, 0.3) is 0 Å². The first-order valence-electron chi connectivity index (χ1n) is 4.64. The van der Waals surface area contributed by atoms with Gasteiger partial charge in [0.1, 0.15) is 0 Å². The Morgan fingerprint density at radius 1 is 1.62 bits per heavy atom. The van der Waals surface area contributed by atoms with Crippen LogP contribution in [-0.2, 0) is 4.79 Å². The Morgan fingerprint density at radius 2 is 2.23 bits per heavy atom. The van der Waals surface area contributed by atoms with E-state index in [0.717, 1.165) is 12.8 Å². The number of carbonyl (C=O) groups excluding carboxylic acids is 1. The lowest BCUT2D eigenvalue weighted by Crippen LogP contribution is -2.31. The highest BCUT2D eigenvalue weighted by Gasteiger charge is 2.10. The van der Waals surface area contributed by atoms with E-state index in [4.69, 9.17) is 18.0 Å². The Hall–Kier alpha value is -0.640. The summed E-state index contributed by atoms with van der Waals surface area (Å²) in [5.74, 6) is 0.189. The van der Waals surface area contributed by atoms with Crippen LogP contribution in [0.2, 0.25) is 0 Å². The van der Waals surface area contributed by atoms with Crippen molar-refractivity contribution in [3.05, 3.63) is 0 Å². The fourth-order valence-corrected chi connectivity index (χ4v) is 1.15. The Balaban J connectivity index is 3.55. The van der Waals surface area contributed by atoms with Crippen LogP contribution < -0.4 is 11.1 Å². The van der Waals surface area contributed by atoms with Crippen molar-refractivity contribution in [1.29, 1.82) is 0 Å². The molecule has 4 heteroatoms. The minimum atomic E-state index is 0.0938. The maximum Gasteiger partial charge on any atom is 0.222 e. The maximum atomic E-state index is 11.3. The molecule has 0 aromatic carbocycles. The molecule has 0 aliphatic rings. The van der Waals surface area contributed by atoms with Crippen LogP contribution in [0.4, 0.5) is 0 Å². The van der Waals surface area contributed by atoms with Crippen LogP contribution in [0.1, 0.15) is 33.1 Å². The fraction of sp³-hybridized carbons (Fsp3) is 0.778. The Morgan fingerprint density at radius 3 is 2.69 bits per heavy atom. The van der Waals surface area contributed by atoms with Crippen molar-refractivity contribution in [2.24, 2.45) is 11.7 Å². The molecule has 13 heavy (non-hydrogen) atoms. The second kappa shape index (κ2) is 6.83. The summed E-state index contributed by atoms with van der Waals surface area (Å²) in [4.78, 5) is 11.8. The maximum absolute atomic E-state index is 11.3. The summed E-state index contributed by atoms with van der Waals surface area (Å²) in [5.41, 5.74) is 5.29. The Bertz CT molecular complexity index is 182. The zero-order valence-electron chi connectivity index (χ0n) is 8.30. The summed E-state index contributed by atoms with van der Waals surface area (Å²) < 4.78 is 0. The number of nitrogens with one attached hydrogen (secondary N) is 1. The summed E-state index contributed by atoms with van der Waals surface area (Å²) in [7, 11) is 0. The molecule has 0 aliphatic heterocycles. The average molecular weight is 202 g/mol. The summed E-state index contributed by atoms with van der Waals surface area (Å²) in [6.07, 6.45) is 2.54. The molecular weight excluding hydrogens is 184 g/mol. The minimum absolute atomic E-state index is 0.0938. The third kappa shape index (κ3) is 6.51. The van der Waals surface area contributed by atoms with Crippen molar-refractivity contribution in [3.63, 3.8) is 0 Å². The predicted molar refractivity (Wildman–Crippen MR) is 58.5 cm³/mol. The van der Waals surface area contributed by atoms with Gasteiger partial charge in [-0.1, -0.05) is 32.5 Å². The number of amides is 1. The summed E-state index contributed by atoms with van der Waals surface area (Å²) in [6, 6.07) is 0. The molecule has 3 N–H and O–H groups in total. The molecule has 0 aliphatic carbocycles. The monoisotopic (exact) mass is 202 g/mol. The lowest BCUT2D eigenvalue weighted by atomic mass is 10.1. The second-order valence-corrected chi connectivity index (χ2v) is 3.72. The molecular formula is C9H18N2OS. The van der Waals surface area contributed by atoms with Crippen LogP contribution in [0.5, 0.6) is 0 Å². The quantitative estimate of drug-likeness (QED) is 0.637. The van der Waals surface area contributed by atoms with Gasteiger partial charge in [0, 0.05) is 18.9 Å². The molecule has 0 radical (unpaired) electrons. The van der Waals surface area contributed by atoms with Gasteiger partial charge in [0.05, 0.1) is 4.99 Å². The molecule has 0 aromatic heterocycles. The predicted octanol–water partition coefficient (Wildman–Crippen LogP) is 1.22. The molecule has 0 saturated heterocycles. The van der Waals surface area contributed by atoms with Crippen LogP contribution in [-0.4, -0.2) is 17.4 Å². The number of hydrogen-bond donors (Lipinski definition) is 2. The van der Waals surface area contributed by atoms with E-state index in [1.807, 2.05) is 6.92 Å². The van der Waals surface area contributed by atoms with E-state index in [-0.39, 0.29) is 11.8 Å². The highest BCUT2D eigenvalue weighted by Crippen LogP contribution is 2.04. The highest BCUT2D eigenvalue weighted by molar-refractivity contribution is 7.80. The number of nitrogens with two attached hydrogens (primary N) is 1. The smallest absolute Gasteiger partial charge is 0.222 e. The van der Waals surface area contributed by atoms with Crippen molar-refractivity contribution in [2.75, 3.05) is 6.54 Å². The van der Waals surface area contributed by atoms with E-state index in [9.17, 15) is 4.79 Å². The van der Waals surface area contributed by atoms with Gasteiger partial charge in [-0.05, 0) is 6.42 Å². The van der Waals surface area contributed by atoms with E-state index in [0.29, 0.717) is 18.0 Å². The topological polar surface area (TPSA) is 55.1 Å². The van der Waals surface area contributed by atoms with Gasteiger partial charge < -0.3 is 11.1 Å². The van der Waals surface area contributed by atoms with E-state index in [1.54, 1.807) is 0 Å². The minimum Gasteiger partial charge on any atom is -0.393 e. The van der Waals surface area contributed by atoms with Crippen LogP contribution in [0.25, 0.3) is 0 Å². The Kier molecular flexibility index (Phi) is 6.49. The van der Waals surface area contributed by atoms with Gasteiger partial charge in [-0.15, -0.1) is 0 Å². The zero-order chi connectivity index (χ0) is 10.3. The SMILES string of the molecule is CCCC(C)C(=O)NCCC(N)=S. The van der Waals surface area contributed by atoms with Gasteiger partial charge >= 0.3 is 0 Å². The standard InChI is InChI=1S/C9H18N2OS/c1-3-4-7(2)9(12)11-6-5-8(10)13/h7H,3-6H2,1-2H3,(H2,10,13)(H,11,12). The van der Waals surface area contributed by atoms with Gasteiger partial charge in [0.15, 0.2) is 0 Å². The lowest BCUT2D eigenvalue weighted by molar-refractivity contribution is -0.124. The first kappa shape index (κ1) is 12.4. The number of carbonyl (C=O) groups is 1. The molecule has 0 heterocycles. The number of thiocarbonyl (C=S) groups is 1. The normalized spacial score (nSPS) is 12.2. The molecule has 3 nitrogen and oxygen atoms in total. The van der Waals surface area contributed by atoms with E-state index < -0.39 is 0 Å². The van der Waals surface area contributed by atoms with E-state index >= 15 is 0 Å². The molecule has 0 saturated carbocycles. The largest absolute Gasteiger partial charge is 0.393 e. The number of rotatable bonds is 6. The second-order valence-electron chi connectivity index (χ2n) is 3.20. The van der Waals surface area contributed by atoms with Gasteiger partial charge in [-0.2, -0.15) is 0 Å². The Labute approximate surface area is 85.1 Å². The van der Waals surface area contributed by atoms with E-state index in [1.165, 1.54) is 0 Å². The zero-order valence-corrected chi connectivity index (χ0v) is 9.12. The van der Waals surface area contributed by atoms with Crippen LogP contribution in [0.15, 0.2) is 0 Å². The third-order valence-electron chi connectivity index (χ3n) is 1.84. The lowest BCUT2D eigenvalue weighted by Gasteiger charge is -2.10. The van der Waals surface area contributed by atoms with Gasteiger partial charge in [-0.25, -0.2) is 0 Å². The summed E-state index contributed by atoms with van der Waals surface area (Å²) in [6.45, 7) is 4.56. The molecule has 76 valence electrons. The van der Waals surface area contributed by atoms with Gasteiger partial charge in [-0.3, -0.25) is 4.79 Å².